The minimum absolute atomic E-state index is 0.123. The van der Waals surface area contributed by atoms with Gasteiger partial charge in [0.25, 0.3) is 0 Å². The molecular formula is C13H14F2N2O2. The summed E-state index contributed by atoms with van der Waals surface area (Å²) in [4.78, 5) is 12.1. The molecule has 4 nitrogen and oxygen atoms in total. The second-order valence-electron chi connectivity index (χ2n) is 4.29. The van der Waals surface area contributed by atoms with Gasteiger partial charge in [-0.25, -0.2) is 13.6 Å². The van der Waals surface area contributed by atoms with Gasteiger partial charge in [0.05, 0.1) is 18.1 Å². The van der Waals surface area contributed by atoms with Gasteiger partial charge < -0.3 is 10.0 Å². The Bertz CT molecular complexity index is 501. The number of carboxylic acids is 1. The maximum absolute atomic E-state index is 13.9. The van der Waals surface area contributed by atoms with Crippen molar-refractivity contribution in [3.63, 3.8) is 0 Å². The van der Waals surface area contributed by atoms with Gasteiger partial charge in [-0.2, -0.15) is 5.26 Å². The standard InChI is InChI=1S/C13H14F2N2O2/c1-8(2)17(5-3-4-16)12-10(14)6-9(13(18)19)7-11(12)15/h6-8H,3,5H2,1-2H3,(H,18,19). The number of aromatic carboxylic acids is 1. The SMILES string of the molecule is CC(C)N(CCC#N)c1c(F)cc(C(=O)O)cc1F. The van der Waals surface area contributed by atoms with E-state index in [1.54, 1.807) is 13.8 Å². The first-order valence-electron chi connectivity index (χ1n) is 5.74. The number of hydrogen-bond acceptors (Lipinski definition) is 3. The van der Waals surface area contributed by atoms with Crippen LogP contribution in [0.15, 0.2) is 12.1 Å². The summed E-state index contributed by atoms with van der Waals surface area (Å²) in [6.45, 7) is 3.65. The van der Waals surface area contributed by atoms with E-state index in [1.165, 1.54) is 4.90 Å². The maximum atomic E-state index is 13.9. The molecule has 0 aliphatic rings. The summed E-state index contributed by atoms with van der Waals surface area (Å²) >= 11 is 0. The van der Waals surface area contributed by atoms with Gasteiger partial charge in [0.1, 0.15) is 17.3 Å². The van der Waals surface area contributed by atoms with Crippen LogP contribution >= 0.6 is 0 Å². The molecule has 1 rings (SSSR count). The first-order chi connectivity index (χ1) is 8.88. The molecule has 0 radical (unpaired) electrons. The highest BCUT2D eigenvalue weighted by molar-refractivity contribution is 5.88. The van der Waals surface area contributed by atoms with Gasteiger partial charge in [-0.3, -0.25) is 0 Å². The van der Waals surface area contributed by atoms with Crippen molar-refractivity contribution in [2.75, 3.05) is 11.4 Å². The molecule has 1 aromatic carbocycles. The average molecular weight is 268 g/mol. The molecule has 0 aliphatic heterocycles. The van der Waals surface area contributed by atoms with Crippen LogP contribution in [0.5, 0.6) is 0 Å². The molecule has 0 aliphatic carbocycles. The Balaban J connectivity index is 3.24. The van der Waals surface area contributed by atoms with E-state index in [0.29, 0.717) is 0 Å². The van der Waals surface area contributed by atoms with Crippen molar-refractivity contribution in [2.45, 2.75) is 26.3 Å². The fourth-order valence-corrected chi connectivity index (χ4v) is 1.76. The van der Waals surface area contributed by atoms with E-state index in [1.807, 2.05) is 6.07 Å². The zero-order chi connectivity index (χ0) is 14.6. The van der Waals surface area contributed by atoms with Gasteiger partial charge in [0.15, 0.2) is 0 Å². The van der Waals surface area contributed by atoms with Crippen molar-refractivity contribution >= 4 is 11.7 Å². The predicted octanol–water partition coefficient (Wildman–Crippen LogP) is 2.79. The molecule has 0 fully saturated rings. The second kappa shape index (κ2) is 6.14. The number of carboxylic acid groups (broad SMARTS) is 1. The highest BCUT2D eigenvalue weighted by Crippen LogP contribution is 2.27. The van der Waals surface area contributed by atoms with Gasteiger partial charge in [-0.05, 0) is 26.0 Å². The van der Waals surface area contributed by atoms with Gasteiger partial charge in [0, 0.05) is 12.6 Å². The van der Waals surface area contributed by atoms with E-state index in [9.17, 15) is 13.6 Å². The predicted molar refractivity (Wildman–Crippen MR) is 66.0 cm³/mol. The van der Waals surface area contributed by atoms with E-state index in [4.69, 9.17) is 10.4 Å². The molecule has 0 unspecified atom stereocenters. The molecular weight excluding hydrogens is 254 g/mol. The molecule has 0 saturated carbocycles. The third-order valence-corrected chi connectivity index (χ3v) is 2.64. The molecule has 1 N–H and O–H groups in total. The normalized spacial score (nSPS) is 10.3. The van der Waals surface area contributed by atoms with Crippen LogP contribution < -0.4 is 4.90 Å². The highest BCUT2D eigenvalue weighted by atomic mass is 19.1. The Labute approximate surface area is 109 Å². The highest BCUT2D eigenvalue weighted by Gasteiger charge is 2.21. The number of carbonyl (C=O) groups is 1. The molecule has 0 amide bonds. The zero-order valence-corrected chi connectivity index (χ0v) is 10.7. The minimum atomic E-state index is -1.39. The van der Waals surface area contributed by atoms with Gasteiger partial charge in [-0.15, -0.1) is 0 Å². The fourth-order valence-electron chi connectivity index (χ4n) is 1.76. The molecule has 102 valence electrons. The summed E-state index contributed by atoms with van der Waals surface area (Å²) in [7, 11) is 0. The second-order valence-corrected chi connectivity index (χ2v) is 4.29. The molecule has 6 heteroatoms. The Morgan fingerprint density at radius 3 is 2.32 bits per heavy atom. The summed E-state index contributed by atoms with van der Waals surface area (Å²) < 4.78 is 27.8. The molecule has 0 saturated heterocycles. The van der Waals surface area contributed by atoms with Crippen molar-refractivity contribution in [3.05, 3.63) is 29.3 Å². The lowest BCUT2D eigenvalue weighted by molar-refractivity contribution is 0.0696. The number of nitrogens with zero attached hydrogens (tertiary/aromatic N) is 2. The number of halogens is 2. The lowest BCUT2D eigenvalue weighted by Gasteiger charge is -2.29. The third kappa shape index (κ3) is 3.41. The molecule has 0 atom stereocenters. The van der Waals surface area contributed by atoms with E-state index in [0.717, 1.165) is 12.1 Å². The number of hydrogen-bond donors (Lipinski definition) is 1. The van der Waals surface area contributed by atoms with Gasteiger partial charge in [-0.1, -0.05) is 0 Å². The van der Waals surface area contributed by atoms with Crippen molar-refractivity contribution in [1.29, 1.82) is 5.26 Å². The van der Waals surface area contributed by atoms with E-state index < -0.39 is 23.2 Å². The summed E-state index contributed by atoms with van der Waals surface area (Å²) in [5, 5.41) is 17.3. The number of rotatable bonds is 5. The summed E-state index contributed by atoms with van der Waals surface area (Å²) in [6.07, 6.45) is 0.123. The van der Waals surface area contributed by atoms with Crippen molar-refractivity contribution in [1.82, 2.24) is 0 Å². The van der Waals surface area contributed by atoms with Crippen LogP contribution in [-0.2, 0) is 0 Å². The van der Waals surface area contributed by atoms with Crippen LogP contribution in [-0.4, -0.2) is 23.7 Å². The average Bonchev–Trinajstić information content (AvgIpc) is 2.31. The quantitative estimate of drug-likeness (QED) is 0.891. The lowest BCUT2D eigenvalue weighted by atomic mass is 10.1. The Kier molecular flexibility index (Phi) is 4.81. The molecule has 0 aromatic heterocycles. The van der Waals surface area contributed by atoms with Crippen molar-refractivity contribution < 1.29 is 18.7 Å². The van der Waals surface area contributed by atoms with Crippen molar-refractivity contribution in [3.8, 4) is 6.07 Å². The number of benzene rings is 1. The first kappa shape index (κ1) is 14.9. The summed E-state index contributed by atoms with van der Waals surface area (Å²) in [6, 6.07) is 3.26. The van der Waals surface area contributed by atoms with E-state index in [-0.39, 0.29) is 24.7 Å². The summed E-state index contributed by atoms with van der Waals surface area (Å²) in [5.74, 6) is -3.27. The molecule has 1 aromatic rings. The Morgan fingerprint density at radius 2 is 1.95 bits per heavy atom. The first-order valence-corrected chi connectivity index (χ1v) is 5.74. The van der Waals surface area contributed by atoms with Gasteiger partial charge in [0.2, 0.25) is 0 Å². The van der Waals surface area contributed by atoms with Crippen LogP contribution in [0.3, 0.4) is 0 Å². The van der Waals surface area contributed by atoms with Crippen molar-refractivity contribution in [2.24, 2.45) is 0 Å². The number of nitriles is 1. The van der Waals surface area contributed by atoms with Crippen LogP contribution in [0.25, 0.3) is 0 Å². The Morgan fingerprint density at radius 1 is 1.42 bits per heavy atom. The molecule has 0 bridgehead atoms. The van der Waals surface area contributed by atoms with E-state index in [2.05, 4.69) is 0 Å². The number of anilines is 1. The lowest BCUT2D eigenvalue weighted by Crippen LogP contribution is -2.33. The van der Waals surface area contributed by atoms with E-state index >= 15 is 0 Å². The van der Waals surface area contributed by atoms with Crippen LogP contribution in [0.1, 0.15) is 30.6 Å². The van der Waals surface area contributed by atoms with Crippen LogP contribution in [0, 0.1) is 23.0 Å². The largest absolute Gasteiger partial charge is 0.478 e. The fraction of sp³-hybridized carbons (Fsp3) is 0.385. The topological polar surface area (TPSA) is 64.3 Å². The van der Waals surface area contributed by atoms with Crippen LogP contribution in [0.4, 0.5) is 14.5 Å². The minimum Gasteiger partial charge on any atom is -0.478 e. The smallest absolute Gasteiger partial charge is 0.335 e. The zero-order valence-electron chi connectivity index (χ0n) is 10.7. The monoisotopic (exact) mass is 268 g/mol. The van der Waals surface area contributed by atoms with Gasteiger partial charge >= 0.3 is 5.97 Å². The molecule has 19 heavy (non-hydrogen) atoms. The molecule has 0 spiro atoms. The third-order valence-electron chi connectivity index (χ3n) is 2.64. The Hall–Kier alpha value is -2.16. The maximum Gasteiger partial charge on any atom is 0.335 e. The summed E-state index contributed by atoms with van der Waals surface area (Å²) in [5.41, 5.74) is -0.738. The van der Waals surface area contributed by atoms with Crippen LogP contribution in [0.2, 0.25) is 0 Å². The molecule has 0 heterocycles.